The summed E-state index contributed by atoms with van der Waals surface area (Å²) >= 11 is 0. The fourth-order valence-corrected chi connectivity index (χ4v) is 11.3. The van der Waals surface area contributed by atoms with Crippen molar-refractivity contribution in [2.45, 2.75) is 180 Å². The van der Waals surface area contributed by atoms with Crippen LogP contribution in [0, 0.1) is 23.7 Å². The second-order valence-corrected chi connectivity index (χ2v) is 21.9. The Morgan fingerprint density at radius 2 is 1.65 bits per heavy atom. The minimum atomic E-state index is -4.30. The van der Waals surface area contributed by atoms with E-state index in [1.165, 1.54) is 14.2 Å². The fraction of sp³-hybridized carbons (Fsp3) is 0.771. The summed E-state index contributed by atoms with van der Waals surface area (Å²) < 4.78 is 36.8. The highest BCUT2D eigenvalue weighted by Crippen LogP contribution is 2.48. The van der Waals surface area contributed by atoms with Gasteiger partial charge in [-0.3, -0.25) is 28.6 Å². The summed E-state index contributed by atoms with van der Waals surface area (Å²) in [7, 11) is 0.411. The summed E-state index contributed by atoms with van der Waals surface area (Å²) in [5, 5.41) is 5.85. The number of carbonyl (C=O) groups is 5. The van der Waals surface area contributed by atoms with E-state index in [4.69, 9.17) is 18.7 Å². The summed E-state index contributed by atoms with van der Waals surface area (Å²) in [6, 6.07) is 6.35. The van der Waals surface area contributed by atoms with Gasteiger partial charge in [-0.05, 0) is 82.6 Å². The minimum Gasteiger partial charge on any atom is -0.444 e. The van der Waals surface area contributed by atoms with E-state index in [9.17, 15) is 33.4 Å². The Bertz CT molecular complexity index is 1800. The summed E-state index contributed by atoms with van der Waals surface area (Å²) in [5.41, 5.74) is 0.0301. The monoisotopic (exact) mass is 934 g/mol. The highest BCUT2D eigenvalue weighted by molar-refractivity contribution is 7.53. The molecule has 3 N–H and O–H groups in total. The molecule has 5 amide bonds. The van der Waals surface area contributed by atoms with E-state index >= 15 is 0 Å². The molecule has 2 heterocycles. The van der Waals surface area contributed by atoms with Gasteiger partial charge >= 0.3 is 13.7 Å². The number of ether oxygens (including phenoxy) is 3. The van der Waals surface area contributed by atoms with Crippen molar-refractivity contribution in [3.8, 4) is 0 Å². The molecule has 3 aliphatic rings. The highest BCUT2D eigenvalue weighted by Gasteiger charge is 2.53. The first-order valence-electron chi connectivity index (χ1n) is 23.8. The number of hydrogen-bond acceptors (Lipinski definition) is 10. The summed E-state index contributed by atoms with van der Waals surface area (Å²) in [6.45, 7) is 17.3. The molecule has 368 valence electrons. The molecule has 1 saturated carbocycles. The van der Waals surface area contributed by atoms with Crippen LogP contribution in [0.1, 0.15) is 126 Å². The maximum Gasteiger partial charge on any atom is 0.411 e. The number of likely N-dealkylation sites (tertiary alicyclic amines) is 2. The predicted octanol–water partition coefficient (Wildman–Crippen LogP) is 6.52. The number of methoxy groups -OCH3 is 2. The number of amides is 5. The van der Waals surface area contributed by atoms with Crippen molar-refractivity contribution < 1.29 is 52.2 Å². The highest BCUT2D eigenvalue weighted by atomic mass is 31.2. The van der Waals surface area contributed by atoms with Crippen molar-refractivity contribution in [2.24, 2.45) is 23.7 Å². The SMILES string of the molecule is CCCCOP(=O)(O)[C@H](Cc1ccccc1)NC(=O)[C@H](C)[C@@H](OC)[C@@H]1CCCN1C(=O)C[C@@H](OC)[C@H]([C@@H](C)CC)N(C)C(=O)[C@@H](NC(=O)C1C2CCC(C2)N1C(=O)OC(C)(C)C)C(C)C. The molecular weight excluding hydrogens is 854 g/mol. The molecule has 4 rings (SSSR count). The van der Waals surface area contributed by atoms with Crippen LogP contribution in [0.3, 0.4) is 0 Å². The molecule has 2 saturated heterocycles. The van der Waals surface area contributed by atoms with Gasteiger partial charge in [0.15, 0.2) is 0 Å². The average Bonchev–Trinajstić information content (AvgIpc) is 4.02. The second-order valence-electron chi connectivity index (χ2n) is 19.8. The van der Waals surface area contributed by atoms with E-state index in [-0.39, 0.29) is 61.0 Å². The first-order chi connectivity index (χ1) is 30.6. The van der Waals surface area contributed by atoms with E-state index in [1.807, 2.05) is 65.0 Å². The van der Waals surface area contributed by atoms with Crippen LogP contribution in [0.15, 0.2) is 30.3 Å². The Balaban J connectivity index is 1.50. The fourth-order valence-electron chi connectivity index (χ4n) is 9.99. The molecule has 65 heavy (non-hydrogen) atoms. The number of rotatable bonds is 23. The largest absolute Gasteiger partial charge is 0.444 e. The van der Waals surface area contributed by atoms with Gasteiger partial charge in [-0.25, -0.2) is 4.79 Å². The van der Waals surface area contributed by atoms with Gasteiger partial charge in [0.25, 0.3) is 0 Å². The molecule has 1 aromatic carbocycles. The lowest BCUT2D eigenvalue weighted by Gasteiger charge is -2.41. The molecule has 0 aromatic heterocycles. The van der Waals surface area contributed by atoms with Crippen molar-refractivity contribution in [2.75, 3.05) is 34.4 Å². The van der Waals surface area contributed by atoms with Gasteiger partial charge in [-0.1, -0.05) is 84.7 Å². The third-order valence-electron chi connectivity index (χ3n) is 13.7. The quantitative estimate of drug-likeness (QED) is 0.0799. The Morgan fingerprint density at radius 3 is 2.23 bits per heavy atom. The first-order valence-corrected chi connectivity index (χ1v) is 25.5. The average molecular weight is 934 g/mol. The van der Waals surface area contributed by atoms with Crippen molar-refractivity contribution in [3.63, 3.8) is 0 Å². The lowest BCUT2D eigenvalue weighted by atomic mass is 9.89. The number of nitrogens with zero attached hydrogens (tertiary/aromatic N) is 3. The molecular formula is C48H80N5O11P. The number of likely N-dealkylation sites (N-methyl/N-ethyl adjacent to an activating group) is 1. The molecule has 16 nitrogen and oxygen atoms in total. The van der Waals surface area contributed by atoms with Crippen molar-refractivity contribution in [3.05, 3.63) is 35.9 Å². The van der Waals surface area contributed by atoms with Gasteiger partial charge < -0.3 is 44.1 Å². The van der Waals surface area contributed by atoms with Gasteiger partial charge in [0, 0.05) is 40.3 Å². The van der Waals surface area contributed by atoms with Crippen molar-refractivity contribution in [1.29, 1.82) is 0 Å². The molecule has 2 aliphatic heterocycles. The van der Waals surface area contributed by atoms with Gasteiger partial charge in [-0.15, -0.1) is 0 Å². The number of nitrogens with one attached hydrogen (secondary N) is 2. The van der Waals surface area contributed by atoms with Gasteiger partial charge in [0.2, 0.25) is 23.6 Å². The normalized spacial score (nSPS) is 23.8. The van der Waals surface area contributed by atoms with E-state index in [2.05, 4.69) is 10.6 Å². The molecule has 1 aromatic rings. The van der Waals surface area contributed by atoms with Crippen LogP contribution in [0.4, 0.5) is 4.79 Å². The predicted molar refractivity (Wildman–Crippen MR) is 249 cm³/mol. The number of carbonyl (C=O) groups excluding carboxylic acids is 5. The zero-order chi connectivity index (χ0) is 48.4. The molecule has 17 heteroatoms. The van der Waals surface area contributed by atoms with Gasteiger partial charge in [-0.2, -0.15) is 0 Å². The number of unbranched alkanes of at least 4 members (excludes halogenated alkanes) is 1. The molecule has 12 atom stereocenters. The maximum atomic E-state index is 14.6. The lowest BCUT2D eigenvalue weighted by Crippen LogP contribution is -2.61. The van der Waals surface area contributed by atoms with Crippen LogP contribution in [0.2, 0.25) is 0 Å². The van der Waals surface area contributed by atoms with Crippen LogP contribution in [0.5, 0.6) is 0 Å². The molecule has 0 radical (unpaired) electrons. The Morgan fingerprint density at radius 1 is 0.969 bits per heavy atom. The number of piperidine rings is 1. The minimum absolute atomic E-state index is 0.0277. The van der Waals surface area contributed by atoms with Gasteiger partial charge in [0.1, 0.15) is 23.5 Å². The standard InChI is InChI=1S/C48H80N5O11P/c1-13-15-26-63-65(59,60)38(27-33-20-17-16-18-21-33)49-44(55)32(6)43(62-12)36-22-19-25-52(36)39(54)29-37(61-11)41(31(5)14-2)51(10)46(57)40(30(3)4)50-45(56)42-34-23-24-35(28-34)53(42)47(58)64-48(7,8)9/h16-18,20-21,30-32,34-38,40-43H,13-15,19,22-29H2,1-12H3,(H,49,55)(H,50,56)(H,59,60)/t31-,32+,34?,35?,36-,37+,38+,40-,41-,42?,43+/m0/s1. The number of hydrogen-bond donors (Lipinski definition) is 3. The number of fused-ring (bicyclic) bond motifs is 2. The van der Waals surface area contributed by atoms with Crippen molar-refractivity contribution in [1.82, 2.24) is 25.3 Å². The molecule has 0 spiro atoms. The summed E-state index contributed by atoms with van der Waals surface area (Å²) in [6.07, 6.45) is 3.63. The van der Waals surface area contributed by atoms with E-state index in [0.717, 1.165) is 24.8 Å². The lowest BCUT2D eigenvalue weighted by molar-refractivity contribution is -0.148. The zero-order valence-electron chi connectivity index (χ0n) is 41.1. The van der Waals surface area contributed by atoms with E-state index < -0.39 is 73.3 Å². The molecule has 1 aliphatic carbocycles. The third kappa shape index (κ3) is 13.8. The Kier molecular flexibility index (Phi) is 19.9. The van der Waals surface area contributed by atoms with Gasteiger partial charge in [0.05, 0.1) is 43.2 Å². The van der Waals surface area contributed by atoms with Crippen molar-refractivity contribution >= 4 is 37.3 Å². The molecule has 2 bridgehead atoms. The third-order valence-corrected chi connectivity index (χ3v) is 15.3. The van der Waals surface area contributed by atoms with E-state index in [0.29, 0.717) is 38.6 Å². The molecule has 4 unspecified atom stereocenters. The van der Waals surface area contributed by atoms with Crippen LogP contribution in [0.25, 0.3) is 0 Å². The Hall–Kier alpha value is -3.56. The second kappa shape index (κ2) is 23.9. The maximum absolute atomic E-state index is 14.6. The summed E-state index contributed by atoms with van der Waals surface area (Å²) in [5.74, 6) is -3.89. The van der Waals surface area contributed by atoms with Crippen LogP contribution >= 0.6 is 7.60 Å². The van der Waals surface area contributed by atoms with E-state index in [1.54, 1.807) is 49.4 Å². The topological polar surface area (TPSA) is 193 Å². The molecule has 3 fully saturated rings. The summed E-state index contributed by atoms with van der Waals surface area (Å²) in [4.78, 5) is 86.6. The Labute approximate surface area is 388 Å². The van der Waals surface area contributed by atoms with Crippen LogP contribution in [-0.2, 0) is 48.9 Å². The first kappa shape index (κ1) is 54.0. The van der Waals surface area contributed by atoms with Crippen LogP contribution in [-0.4, -0.2) is 138 Å². The smallest absolute Gasteiger partial charge is 0.411 e. The van der Waals surface area contributed by atoms with Crippen LogP contribution < -0.4 is 10.6 Å². The zero-order valence-corrected chi connectivity index (χ0v) is 42.0. The number of benzene rings is 1.